The van der Waals surface area contributed by atoms with Crippen LogP contribution in [0.1, 0.15) is 25.0 Å². The van der Waals surface area contributed by atoms with E-state index in [4.69, 9.17) is 16.3 Å². The minimum atomic E-state index is -1.60. The predicted octanol–water partition coefficient (Wildman–Crippen LogP) is 5.24. The molecule has 0 aliphatic heterocycles. The Morgan fingerprint density at radius 3 is 2.56 bits per heavy atom. The zero-order valence-electron chi connectivity index (χ0n) is 23.3. The number of ether oxygens (including phenoxy) is 1. The highest BCUT2D eigenvalue weighted by Gasteiger charge is 2.29. The lowest BCUT2D eigenvalue weighted by atomic mass is 10.1. The Kier molecular flexibility index (Phi) is 10.1. The Balaban J connectivity index is 1.58. The Morgan fingerprint density at radius 2 is 1.88 bits per heavy atom. The molecule has 0 aliphatic carbocycles. The molecule has 0 aliphatic rings. The van der Waals surface area contributed by atoms with Gasteiger partial charge in [-0.1, -0.05) is 35.9 Å². The van der Waals surface area contributed by atoms with Crippen molar-refractivity contribution in [3.05, 3.63) is 93.0 Å². The maximum Gasteiger partial charge on any atom is 0.289 e. The Morgan fingerprint density at radius 1 is 1.14 bits per heavy atom. The molecular weight excluding hydrogens is 598 g/mol. The number of aryl methyl sites for hydroxylation is 1. The highest BCUT2D eigenvalue weighted by Crippen LogP contribution is 2.30. The molecule has 3 aromatic carbocycles. The van der Waals surface area contributed by atoms with Crippen LogP contribution in [0.15, 0.2) is 71.9 Å². The van der Waals surface area contributed by atoms with Gasteiger partial charge in [0.05, 0.1) is 27.9 Å². The first-order valence-electron chi connectivity index (χ1n) is 12.9. The standard InChI is InChI=1S/C28H26ClN7O6S/c1-4-34(28(39)43-27-31-32-33-35(27)20-8-6-5-7-9-20)16-19-15-21(36(40)41)11-13-24(19)42-25(18(3)37)26(38)30-23-14-17(2)10-12-22(23)29/h5-15,25H,4,16H2,1-3H3,(H,30,38). The van der Waals surface area contributed by atoms with Crippen LogP contribution >= 0.6 is 23.4 Å². The molecule has 1 heterocycles. The molecule has 0 bridgehead atoms. The summed E-state index contributed by atoms with van der Waals surface area (Å²) in [5.74, 6) is -1.38. The van der Waals surface area contributed by atoms with Crippen molar-refractivity contribution in [3.8, 4) is 11.4 Å². The van der Waals surface area contributed by atoms with Gasteiger partial charge in [-0.15, -0.1) is 5.10 Å². The van der Waals surface area contributed by atoms with Crippen molar-refractivity contribution < 1.29 is 24.0 Å². The number of amides is 2. The number of carbonyl (C=O) groups is 3. The minimum absolute atomic E-state index is 0.0154. The zero-order chi connectivity index (χ0) is 31.1. The number of anilines is 1. The predicted molar refractivity (Wildman–Crippen MR) is 160 cm³/mol. The van der Waals surface area contributed by atoms with Gasteiger partial charge in [-0.25, -0.2) is 0 Å². The summed E-state index contributed by atoms with van der Waals surface area (Å²) in [6.07, 6.45) is -1.60. The van der Waals surface area contributed by atoms with Crippen molar-refractivity contribution in [2.45, 2.75) is 38.6 Å². The molecule has 0 spiro atoms. The van der Waals surface area contributed by atoms with E-state index in [9.17, 15) is 24.5 Å². The second kappa shape index (κ2) is 13.9. The van der Waals surface area contributed by atoms with Gasteiger partial charge in [0.15, 0.2) is 5.78 Å². The van der Waals surface area contributed by atoms with Gasteiger partial charge in [0, 0.05) is 36.0 Å². The number of nitro groups is 1. The molecule has 13 nitrogen and oxygen atoms in total. The number of aromatic nitrogens is 4. The van der Waals surface area contributed by atoms with Gasteiger partial charge in [-0.05, 0) is 67.1 Å². The molecule has 222 valence electrons. The molecule has 2 amide bonds. The van der Waals surface area contributed by atoms with Crippen LogP contribution in [0.2, 0.25) is 5.02 Å². The van der Waals surface area contributed by atoms with Crippen LogP contribution < -0.4 is 10.1 Å². The number of benzene rings is 3. The molecule has 4 aromatic rings. The first-order chi connectivity index (χ1) is 20.6. The molecule has 1 atom stereocenters. The summed E-state index contributed by atoms with van der Waals surface area (Å²) in [4.78, 5) is 51.3. The van der Waals surface area contributed by atoms with Gasteiger partial charge in [-0.2, -0.15) is 4.68 Å². The molecule has 0 saturated heterocycles. The molecule has 0 fully saturated rings. The van der Waals surface area contributed by atoms with Gasteiger partial charge in [0.2, 0.25) is 11.3 Å². The van der Waals surface area contributed by atoms with E-state index >= 15 is 0 Å². The number of hydrogen-bond donors (Lipinski definition) is 1. The van der Waals surface area contributed by atoms with E-state index < -0.39 is 28.0 Å². The molecule has 15 heteroatoms. The molecule has 1 N–H and O–H groups in total. The van der Waals surface area contributed by atoms with Crippen molar-refractivity contribution in [3.63, 3.8) is 0 Å². The normalized spacial score (nSPS) is 11.4. The number of carbonyl (C=O) groups excluding carboxylic acids is 3. The summed E-state index contributed by atoms with van der Waals surface area (Å²) in [5, 5.41) is 25.8. The monoisotopic (exact) mass is 623 g/mol. The Labute approximate surface area is 255 Å². The topological polar surface area (TPSA) is 162 Å². The molecule has 4 rings (SSSR count). The number of non-ortho nitro benzene ring substituents is 1. The summed E-state index contributed by atoms with van der Waals surface area (Å²) in [6, 6.07) is 17.7. The molecule has 0 saturated carbocycles. The summed E-state index contributed by atoms with van der Waals surface area (Å²) in [6.45, 7) is 4.80. The number of tetrazole rings is 1. The van der Waals surface area contributed by atoms with Crippen LogP contribution in [-0.2, 0) is 16.1 Å². The van der Waals surface area contributed by atoms with Crippen LogP contribution in [0.25, 0.3) is 5.69 Å². The quantitative estimate of drug-likeness (QED) is 0.101. The molecular formula is C28H26ClN7O6S. The minimum Gasteiger partial charge on any atom is -0.472 e. The second-order valence-corrected chi connectivity index (χ2v) is 10.5. The van der Waals surface area contributed by atoms with E-state index in [1.807, 2.05) is 13.0 Å². The highest BCUT2D eigenvalue weighted by molar-refractivity contribution is 8.13. The lowest BCUT2D eigenvalue weighted by Gasteiger charge is -2.23. The third kappa shape index (κ3) is 7.72. The summed E-state index contributed by atoms with van der Waals surface area (Å²) in [7, 11) is 0. The average Bonchev–Trinajstić information content (AvgIpc) is 3.44. The lowest BCUT2D eigenvalue weighted by molar-refractivity contribution is -0.385. The number of nitrogens with zero attached hydrogens (tertiary/aromatic N) is 6. The van der Waals surface area contributed by atoms with Crippen LogP contribution in [-0.4, -0.2) is 59.6 Å². The average molecular weight is 624 g/mol. The SMILES string of the molecule is CCN(Cc1cc([N+](=O)[O-])ccc1OC(C(C)=O)C(=O)Nc1cc(C)ccc1Cl)C(=O)Sc1nnnn1-c1ccccc1. The number of nitrogens with one attached hydrogen (secondary N) is 1. The number of Topliss-reactive ketones (excluding diaryl/α,β-unsaturated/α-hetero) is 1. The molecule has 43 heavy (non-hydrogen) atoms. The number of rotatable bonds is 11. The second-order valence-electron chi connectivity index (χ2n) is 9.22. The molecule has 1 unspecified atom stereocenters. The van der Waals surface area contributed by atoms with Crippen LogP contribution in [0, 0.1) is 17.0 Å². The fraction of sp³-hybridized carbons (Fsp3) is 0.214. The fourth-order valence-corrected chi connectivity index (χ4v) is 4.88. The molecule has 1 aromatic heterocycles. The van der Waals surface area contributed by atoms with Crippen LogP contribution in [0.4, 0.5) is 16.2 Å². The van der Waals surface area contributed by atoms with Crippen molar-refractivity contribution in [1.29, 1.82) is 0 Å². The first kappa shape index (κ1) is 31.1. The van der Waals surface area contributed by atoms with Gasteiger partial charge >= 0.3 is 0 Å². The maximum absolute atomic E-state index is 13.3. The number of halogens is 1. The van der Waals surface area contributed by atoms with E-state index in [0.29, 0.717) is 11.4 Å². The van der Waals surface area contributed by atoms with Gasteiger partial charge in [0.25, 0.3) is 16.8 Å². The largest absolute Gasteiger partial charge is 0.472 e. The summed E-state index contributed by atoms with van der Waals surface area (Å²) in [5.41, 5.74) is 1.73. The number of para-hydroxylation sites is 1. The van der Waals surface area contributed by atoms with Crippen molar-refractivity contribution in [2.24, 2.45) is 0 Å². The Bertz CT molecular complexity index is 1670. The van der Waals surface area contributed by atoms with Crippen LogP contribution in [0.3, 0.4) is 0 Å². The third-order valence-electron chi connectivity index (χ3n) is 6.11. The smallest absolute Gasteiger partial charge is 0.289 e. The number of ketones is 1. The van der Waals surface area contributed by atoms with Crippen molar-refractivity contribution in [1.82, 2.24) is 25.1 Å². The fourth-order valence-electron chi connectivity index (χ4n) is 3.93. The van der Waals surface area contributed by atoms with Gasteiger partial charge < -0.3 is 15.0 Å². The Hall–Kier alpha value is -4.82. The third-order valence-corrected chi connectivity index (χ3v) is 7.31. The lowest BCUT2D eigenvalue weighted by Crippen LogP contribution is -2.39. The van der Waals surface area contributed by atoms with Crippen molar-refractivity contribution >= 4 is 51.7 Å². The van der Waals surface area contributed by atoms with E-state index in [1.165, 1.54) is 34.7 Å². The number of thioether (sulfide) groups is 1. The zero-order valence-corrected chi connectivity index (χ0v) is 24.8. The highest BCUT2D eigenvalue weighted by atomic mass is 35.5. The van der Waals surface area contributed by atoms with E-state index in [2.05, 4.69) is 20.8 Å². The number of nitro benzene ring substituents is 1. The van der Waals surface area contributed by atoms with E-state index in [0.717, 1.165) is 17.3 Å². The van der Waals surface area contributed by atoms with E-state index in [1.54, 1.807) is 49.4 Å². The van der Waals surface area contributed by atoms with Crippen LogP contribution in [0.5, 0.6) is 5.75 Å². The van der Waals surface area contributed by atoms with Gasteiger partial charge in [-0.3, -0.25) is 24.5 Å². The maximum atomic E-state index is 13.3. The van der Waals surface area contributed by atoms with Crippen molar-refractivity contribution in [2.75, 3.05) is 11.9 Å². The number of hydrogen-bond acceptors (Lipinski definition) is 10. The summed E-state index contributed by atoms with van der Waals surface area (Å²) < 4.78 is 7.26. The molecule has 0 radical (unpaired) electrons. The van der Waals surface area contributed by atoms with Gasteiger partial charge in [0.1, 0.15) is 5.75 Å². The summed E-state index contributed by atoms with van der Waals surface area (Å²) >= 11 is 6.97. The first-order valence-corrected chi connectivity index (χ1v) is 14.1. The van der Waals surface area contributed by atoms with E-state index in [-0.39, 0.29) is 40.3 Å².